The zero-order valence-electron chi connectivity index (χ0n) is 21.6. The second kappa shape index (κ2) is 9.89. The first-order valence-electron chi connectivity index (χ1n) is 13.2. The van der Waals surface area contributed by atoms with Crippen molar-refractivity contribution in [2.24, 2.45) is 5.92 Å². The van der Waals surface area contributed by atoms with Crippen molar-refractivity contribution < 1.29 is 14.4 Å². The molecule has 5 aromatic rings. The van der Waals surface area contributed by atoms with Gasteiger partial charge < -0.3 is 14.2 Å². The van der Waals surface area contributed by atoms with E-state index in [2.05, 4.69) is 34.1 Å². The van der Waals surface area contributed by atoms with Gasteiger partial charge in [0.15, 0.2) is 0 Å². The van der Waals surface area contributed by atoms with Crippen LogP contribution >= 0.6 is 0 Å². The Morgan fingerprint density at radius 1 is 1.03 bits per heavy atom. The highest BCUT2D eigenvalue weighted by Crippen LogP contribution is 2.42. The quantitative estimate of drug-likeness (QED) is 0.261. The van der Waals surface area contributed by atoms with Crippen LogP contribution in [0.3, 0.4) is 0 Å². The third kappa shape index (κ3) is 4.28. The molecule has 38 heavy (non-hydrogen) atoms. The lowest BCUT2D eigenvalue weighted by molar-refractivity contribution is 0.0697. The maximum absolute atomic E-state index is 11.5. The van der Waals surface area contributed by atoms with Gasteiger partial charge in [-0.2, -0.15) is 0 Å². The summed E-state index contributed by atoms with van der Waals surface area (Å²) in [5.41, 5.74) is 7.86. The van der Waals surface area contributed by atoms with Crippen molar-refractivity contribution in [3.8, 4) is 22.3 Å². The van der Waals surface area contributed by atoms with Crippen LogP contribution in [0.4, 0.5) is 0 Å². The molecule has 6 rings (SSSR count). The molecule has 4 aromatic heterocycles. The fraction of sp³-hybridized carbons (Fsp3) is 0.290. The molecule has 1 aliphatic carbocycles. The molecule has 0 unspecified atom stereocenters. The lowest BCUT2D eigenvalue weighted by atomic mass is 9.82. The van der Waals surface area contributed by atoms with E-state index in [4.69, 9.17) is 14.5 Å². The number of carboxylic acids is 1. The number of hydrogen-bond acceptors (Lipinski definition) is 5. The Hall–Kier alpha value is -4.26. The van der Waals surface area contributed by atoms with E-state index in [9.17, 15) is 9.90 Å². The molecule has 1 fully saturated rings. The number of benzene rings is 1. The molecule has 0 bridgehead atoms. The van der Waals surface area contributed by atoms with Crippen LogP contribution in [0.15, 0.2) is 71.6 Å². The predicted octanol–water partition coefficient (Wildman–Crippen LogP) is 7.24. The number of aromatic nitrogens is 4. The molecule has 0 aliphatic heterocycles. The Morgan fingerprint density at radius 2 is 1.82 bits per heavy atom. The van der Waals surface area contributed by atoms with Crippen molar-refractivity contribution in [1.82, 2.24) is 19.7 Å². The minimum atomic E-state index is -0.936. The maximum atomic E-state index is 11.5. The molecule has 1 aromatic carbocycles. The number of carbonyl (C=O) groups is 1. The third-order valence-corrected chi connectivity index (χ3v) is 7.82. The van der Waals surface area contributed by atoms with Crippen LogP contribution in [0.25, 0.3) is 33.3 Å². The summed E-state index contributed by atoms with van der Waals surface area (Å²) in [4.78, 5) is 21.2. The first-order chi connectivity index (χ1) is 18.5. The van der Waals surface area contributed by atoms with E-state index in [1.165, 1.54) is 19.3 Å². The number of pyridine rings is 2. The molecule has 1 atom stereocenters. The molecule has 1 N–H and O–H groups in total. The number of rotatable bonds is 6. The molecule has 7 nitrogen and oxygen atoms in total. The Bertz CT molecular complexity index is 1580. The van der Waals surface area contributed by atoms with E-state index in [0.29, 0.717) is 5.92 Å². The number of aromatic carboxylic acids is 1. The number of aryl methyl sites for hydroxylation is 2. The van der Waals surface area contributed by atoms with E-state index in [1.807, 2.05) is 44.4 Å². The van der Waals surface area contributed by atoms with Gasteiger partial charge in [-0.3, -0.25) is 9.97 Å². The van der Waals surface area contributed by atoms with Crippen LogP contribution in [0.2, 0.25) is 0 Å². The summed E-state index contributed by atoms with van der Waals surface area (Å²) in [6.45, 7) is 3.87. The predicted molar refractivity (Wildman–Crippen MR) is 146 cm³/mol. The minimum Gasteiger partial charge on any atom is -0.478 e. The van der Waals surface area contributed by atoms with Crippen molar-refractivity contribution in [3.05, 3.63) is 89.8 Å². The van der Waals surface area contributed by atoms with Gasteiger partial charge in [-0.25, -0.2) is 4.79 Å². The van der Waals surface area contributed by atoms with E-state index < -0.39 is 5.97 Å². The highest BCUT2D eigenvalue weighted by atomic mass is 16.5. The van der Waals surface area contributed by atoms with E-state index in [0.717, 1.165) is 63.3 Å². The molecular weight excluding hydrogens is 476 g/mol. The van der Waals surface area contributed by atoms with E-state index in [1.54, 1.807) is 12.1 Å². The van der Waals surface area contributed by atoms with Crippen molar-refractivity contribution >= 4 is 17.0 Å². The first-order valence-corrected chi connectivity index (χ1v) is 13.2. The molecule has 1 aliphatic rings. The zero-order chi connectivity index (χ0) is 26.2. The van der Waals surface area contributed by atoms with Crippen molar-refractivity contribution in [3.63, 3.8) is 0 Å². The van der Waals surface area contributed by atoms with E-state index in [-0.39, 0.29) is 11.6 Å². The molecule has 0 spiro atoms. The van der Waals surface area contributed by atoms with Crippen molar-refractivity contribution in [2.75, 3.05) is 0 Å². The minimum absolute atomic E-state index is 0.0627. The highest BCUT2D eigenvalue weighted by molar-refractivity contribution is 5.96. The van der Waals surface area contributed by atoms with Gasteiger partial charge in [0.05, 0.1) is 34.0 Å². The summed E-state index contributed by atoms with van der Waals surface area (Å²) in [6, 6.07) is 15.4. The summed E-state index contributed by atoms with van der Waals surface area (Å²) < 4.78 is 7.82. The van der Waals surface area contributed by atoms with Crippen LogP contribution in [0, 0.1) is 19.8 Å². The fourth-order valence-electron chi connectivity index (χ4n) is 6.00. The van der Waals surface area contributed by atoms with Gasteiger partial charge in [0.25, 0.3) is 0 Å². The first kappa shape index (κ1) is 24.1. The van der Waals surface area contributed by atoms with E-state index >= 15 is 0 Å². The van der Waals surface area contributed by atoms with Gasteiger partial charge in [-0.15, -0.1) is 0 Å². The maximum Gasteiger partial charge on any atom is 0.335 e. The van der Waals surface area contributed by atoms with Crippen molar-refractivity contribution in [2.45, 2.75) is 52.0 Å². The SMILES string of the molecule is Cc1noc(C)c1-c1cnc2c(-c3ccc(C(=O)O)cc3)cn([C@H](c3ccccn3)C3CCCCC3)c2c1. The molecular formula is C31H30N4O3. The Balaban J connectivity index is 1.59. The smallest absolute Gasteiger partial charge is 0.335 e. The molecule has 0 radical (unpaired) electrons. The number of nitrogens with zero attached hydrogens (tertiary/aromatic N) is 4. The summed E-state index contributed by atoms with van der Waals surface area (Å²) in [7, 11) is 0. The third-order valence-electron chi connectivity index (χ3n) is 7.82. The Labute approximate surface area is 221 Å². The lowest BCUT2D eigenvalue weighted by Crippen LogP contribution is -2.23. The van der Waals surface area contributed by atoms with Crippen LogP contribution in [-0.4, -0.2) is 30.8 Å². The van der Waals surface area contributed by atoms with Gasteiger partial charge in [-0.05, 0) is 68.5 Å². The van der Waals surface area contributed by atoms with Gasteiger partial charge >= 0.3 is 5.97 Å². The summed E-state index contributed by atoms with van der Waals surface area (Å²) >= 11 is 0. The van der Waals surface area contributed by atoms with Gasteiger partial charge in [0.2, 0.25) is 0 Å². The number of carboxylic acid groups (broad SMARTS) is 1. The summed E-state index contributed by atoms with van der Waals surface area (Å²) in [6.07, 6.45) is 12.0. The van der Waals surface area contributed by atoms with Gasteiger partial charge in [-0.1, -0.05) is 42.6 Å². The normalized spacial score (nSPS) is 15.1. The Morgan fingerprint density at radius 3 is 2.47 bits per heavy atom. The largest absolute Gasteiger partial charge is 0.478 e. The monoisotopic (exact) mass is 506 g/mol. The second-order valence-corrected chi connectivity index (χ2v) is 10.2. The molecule has 4 heterocycles. The molecule has 0 saturated heterocycles. The second-order valence-electron chi connectivity index (χ2n) is 10.2. The van der Waals surface area contributed by atoms with Crippen LogP contribution < -0.4 is 0 Å². The molecule has 0 amide bonds. The molecule has 1 saturated carbocycles. The van der Waals surface area contributed by atoms with Crippen LogP contribution in [0.1, 0.15) is 65.7 Å². The summed E-state index contributed by atoms with van der Waals surface area (Å²) in [5, 5.41) is 13.6. The van der Waals surface area contributed by atoms with Gasteiger partial charge in [0.1, 0.15) is 5.76 Å². The fourth-order valence-corrected chi connectivity index (χ4v) is 6.00. The topological polar surface area (TPSA) is 94.0 Å². The number of fused-ring (bicyclic) bond motifs is 1. The summed E-state index contributed by atoms with van der Waals surface area (Å²) in [5.74, 6) is 0.285. The standard InChI is InChI=1S/C31H30N4O3/c1-19-28(20(2)38-34-19)24-16-27-29(33-17-24)25(21-11-13-23(14-12-21)31(36)37)18-35(27)30(22-8-4-3-5-9-22)26-10-6-7-15-32-26/h6-7,10-18,22,30H,3-5,8-9H2,1-2H3,(H,36,37)/t30-/m0/s1. The number of hydrogen-bond donors (Lipinski definition) is 1. The average molecular weight is 507 g/mol. The van der Waals surface area contributed by atoms with Crippen molar-refractivity contribution in [1.29, 1.82) is 0 Å². The average Bonchev–Trinajstić information content (AvgIpc) is 3.49. The van der Waals surface area contributed by atoms with Gasteiger partial charge in [0, 0.05) is 35.3 Å². The molecule has 192 valence electrons. The lowest BCUT2D eigenvalue weighted by Gasteiger charge is -2.31. The van der Waals surface area contributed by atoms with Crippen LogP contribution in [-0.2, 0) is 0 Å². The highest BCUT2D eigenvalue weighted by Gasteiger charge is 2.30. The molecule has 7 heteroatoms. The zero-order valence-corrected chi connectivity index (χ0v) is 21.6. The van der Waals surface area contributed by atoms with Crippen LogP contribution in [0.5, 0.6) is 0 Å². The Kier molecular flexibility index (Phi) is 6.27.